The third-order valence-corrected chi connectivity index (χ3v) is 11.4. The van der Waals surface area contributed by atoms with Crippen LogP contribution in [0.5, 0.6) is 11.5 Å². The van der Waals surface area contributed by atoms with Gasteiger partial charge in [-0.15, -0.1) is 18.9 Å². The molecular weight excluding hydrogens is 829 g/mol. The molecule has 3 rings (SSSR count). The summed E-state index contributed by atoms with van der Waals surface area (Å²) >= 11 is 0. The molecular formula is C53H86O12. The summed E-state index contributed by atoms with van der Waals surface area (Å²) in [6.07, 6.45) is 32.2. The van der Waals surface area contributed by atoms with Crippen LogP contribution in [-0.4, -0.2) is 81.7 Å². The number of carbonyl (C=O) groups excluding carboxylic acids is 2. The summed E-state index contributed by atoms with van der Waals surface area (Å²) in [7, 11) is 0. The predicted molar refractivity (Wildman–Crippen MR) is 259 cm³/mol. The van der Waals surface area contributed by atoms with Crippen molar-refractivity contribution in [3.8, 4) is 23.8 Å². The maximum atomic E-state index is 12.0. The minimum atomic E-state index is -0.775. The fourth-order valence-corrected chi connectivity index (χ4v) is 7.69. The lowest BCUT2D eigenvalue weighted by molar-refractivity contribution is -0.145. The molecule has 2 aromatic rings. The summed E-state index contributed by atoms with van der Waals surface area (Å²) in [5, 5.41) is 49.4. The first kappa shape index (κ1) is 59.1. The molecule has 1 aliphatic rings. The average Bonchev–Trinajstić information content (AvgIpc) is 3.44. The fraction of sp³-hybridized carbons (Fsp3) is 0.717. The molecule has 1 aromatic heterocycles. The second-order valence-corrected chi connectivity index (χ2v) is 17.9. The van der Waals surface area contributed by atoms with E-state index >= 15 is 0 Å². The number of rotatable bonds is 31. The molecule has 0 radical (unpaired) electrons. The average molecular weight is 915 g/mol. The van der Waals surface area contributed by atoms with E-state index in [1.165, 1.54) is 103 Å². The Bertz CT molecular complexity index is 1680. The maximum Gasteiger partial charge on any atom is 0.302 e. The summed E-state index contributed by atoms with van der Waals surface area (Å²) < 4.78 is 20.6. The summed E-state index contributed by atoms with van der Waals surface area (Å²) in [5.74, 6) is 3.45. The van der Waals surface area contributed by atoms with Crippen LogP contribution in [0.4, 0.5) is 0 Å². The highest BCUT2D eigenvalue weighted by Crippen LogP contribution is 2.38. The lowest BCUT2D eigenvalue weighted by atomic mass is 10.00. The number of aliphatic hydroxyl groups excluding tert-OH is 4. The second kappa shape index (κ2) is 37.2. The van der Waals surface area contributed by atoms with Gasteiger partial charge in [-0.05, 0) is 57.8 Å². The quantitative estimate of drug-likeness (QED) is 0.0208. The Labute approximate surface area is 390 Å². The van der Waals surface area contributed by atoms with E-state index in [-0.39, 0.29) is 42.6 Å². The van der Waals surface area contributed by atoms with Gasteiger partial charge in [0, 0.05) is 50.8 Å². The van der Waals surface area contributed by atoms with E-state index in [4.69, 9.17) is 25.1 Å². The van der Waals surface area contributed by atoms with Crippen LogP contribution in [0.3, 0.4) is 0 Å². The van der Waals surface area contributed by atoms with Crippen molar-refractivity contribution in [2.24, 2.45) is 5.92 Å². The Morgan fingerprint density at radius 1 is 0.769 bits per heavy atom. The van der Waals surface area contributed by atoms with Gasteiger partial charge in [-0.25, -0.2) is 0 Å². The van der Waals surface area contributed by atoms with E-state index in [9.17, 15) is 39.9 Å². The number of unbranched alkanes of at least 4 members (excludes halogenated alkanes) is 18. The van der Waals surface area contributed by atoms with Crippen molar-refractivity contribution in [2.45, 2.75) is 219 Å². The standard InChI is InChI=1S/C19H36O4.C19H34O4.C15H16O4/c2*1-3-4-5-6-7-8-9-10-11-12-13-14-18(21)15-19(22)16-23-17(2)20;1-8-3-4-10-12(18-7-8)6-13-14(15(10)17)11(16)5-9(2)19-13/h3,18-19,21-22H,1,4-16H2,2H3;1,18-19,21-22H,4-16H2,2H3;5-6,8,17H,3-4,7H2,1-2H3. The van der Waals surface area contributed by atoms with Crippen molar-refractivity contribution < 1.29 is 53.7 Å². The Morgan fingerprint density at radius 3 is 1.69 bits per heavy atom. The number of fused-ring (bicyclic) bond motifs is 2. The highest BCUT2D eigenvalue weighted by atomic mass is 16.5. The first-order chi connectivity index (χ1) is 31.2. The van der Waals surface area contributed by atoms with Crippen LogP contribution in [0.1, 0.15) is 193 Å². The van der Waals surface area contributed by atoms with Crippen molar-refractivity contribution >= 4 is 22.9 Å². The first-order valence-electron chi connectivity index (χ1n) is 24.6. The van der Waals surface area contributed by atoms with Crippen LogP contribution in [0.25, 0.3) is 11.0 Å². The number of aryl methyl sites for hydroxylation is 1. The minimum absolute atomic E-state index is 0.00958. The number of hydrogen-bond acceptors (Lipinski definition) is 12. The van der Waals surface area contributed by atoms with Crippen molar-refractivity contribution in [3.05, 3.63) is 46.3 Å². The zero-order chi connectivity index (χ0) is 48.2. The number of esters is 2. The zero-order valence-corrected chi connectivity index (χ0v) is 40.5. The molecule has 0 aliphatic carbocycles. The lowest BCUT2D eigenvalue weighted by Gasteiger charge is -2.15. The molecule has 5 N–H and O–H groups in total. The Balaban J connectivity index is 0.000000489. The molecule has 0 amide bonds. The van der Waals surface area contributed by atoms with Gasteiger partial charge in [-0.3, -0.25) is 14.4 Å². The van der Waals surface area contributed by atoms with Gasteiger partial charge >= 0.3 is 11.9 Å². The largest absolute Gasteiger partial charge is 0.507 e. The smallest absolute Gasteiger partial charge is 0.302 e. The molecule has 1 aliphatic heterocycles. The van der Waals surface area contributed by atoms with Gasteiger partial charge < -0.3 is 44.2 Å². The number of aromatic hydroxyl groups is 1. The summed E-state index contributed by atoms with van der Waals surface area (Å²) in [5.41, 5.74) is 0.889. The van der Waals surface area contributed by atoms with Gasteiger partial charge in [0.05, 0.1) is 31.0 Å². The predicted octanol–water partition coefficient (Wildman–Crippen LogP) is 10.5. The number of benzene rings is 1. The van der Waals surface area contributed by atoms with Crippen LogP contribution in [0.15, 0.2) is 34.0 Å². The molecule has 5 atom stereocenters. The van der Waals surface area contributed by atoms with Crippen LogP contribution in [-0.2, 0) is 25.5 Å². The molecule has 12 heteroatoms. The van der Waals surface area contributed by atoms with Crippen molar-refractivity contribution in [3.63, 3.8) is 0 Å². The molecule has 5 unspecified atom stereocenters. The molecule has 0 saturated carbocycles. The fourth-order valence-electron chi connectivity index (χ4n) is 7.69. The number of allylic oxidation sites excluding steroid dienone is 1. The minimum Gasteiger partial charge on any atom is -0.507 e. The third-order valence-electron chi connectivity index (χ3n) is 11.4. The topological polar surface area (TPSA) is 193 Å². The summed E-state index contributed by atoms with van der Waals surface area (Å²) in [6.45, 7) is 10.7. The third kappa shape index (κ3) is 30.1. The van der Waals surface area contributed by atoms with E-state index in [0.717, 1.165) is 51.4 Å². The van der Waals surface area contributed by atoms with E-state index in [0.29, 0.717) is 54.4 Å². The maximum absolute atomic E-state index is 12.0. The van der Waals surface area contributed by atoms with Gasteiger partial charge in [-0.2, -0.15) is 0 Å². The molecule has 12 nitrogen and oxygen atoms in total. The van der Waals surface area contributed by atoms with Crippen LogP contribution < -0.4 is 10.2 Å². The van der Waals surface area contributed by atoms with Gasteiger partial charge in [0.25, 0.3) is 0 Å². The molecule has 0 spiro atoms. The number of terminal acetylenes is 1. The van der Waals surface area contributed by atoms with E-state index in [1.54, 1.807) is 13.0 Å². The Kier molecular flexibility index (Phi) is 33.9. The summed E-state index contributed by atoms with van der Waals surface area (Å²) in [4.78, 5) is 33.2. The molecule has 0 saturated heterocycles. The highest BCUT2D eigenvalue weighted by Gasteiger charge is 2.22. The number of hydrogen-bond donors (Lipinski definition) is 5. The van der Waals surface area contributed by atoms with E-state index < -0.39 is 36.4 Å². The van der Waals surface area contributed by atoms with Crippen molar-refractivity contribution in [2.75, 3.05) is 19.8 Å². The van der Waals surface area contributed by atoms with Crippen LogP contribution in [0, 0.1) is 25.2 Å². The zero-order valence-electron chi connectivity index (χ0n) is 40.5. The Hall–Kier alpha value is -3.89. The molecule has 2 heterocycles. The molecule has 1 aromatic carbocycles. The molecule has 0 fully saturated rings. The molecule has 65 heavy (non-hydrogen) atoms. The normalized spacial score (nSPS) is 15.0. The number of aliphatic hydroxyl groups is 4. The highest BCUT2D eigenvalue weighted by molar-refractivity contribution is 5.87. The second-order valence-electron chi connectivity index (χ2n) is 17.9. The summed E-state index contributed by atoms with van der Waals surface area (Å²) in [6, 6.07) is 3.12. The molecule has 370 valence electrons. The van der Waals surface area contributed by atoms with Crippen LogP contribution >= 0.6 is 0 Å². The monoisotopic (exact) mass is 915 g/mol. The van der Waals surface area contributed by atoms with E-state index in [2.05, 4.69) is 19.4 Å². The van der Waals surface area contributed by atoms with Crippen molar-refractivity contribution in [1.82, 2.24) is 0 Å². The lowest BCUT2D eigenvalue weighted by Crippen LogP contribution is -2.23. The number of ether oxygens (including phenoxy) is 3. The first-order valence-corrected chi connectivity index (χ1v) is 24.6. The SMILES string of the molecule is C#CCCCCCCCCCCCC(O)CC(O)COC(C)=O.C=CCCCCCCCCCCCC(O)CC(O)COC(C)=O.Cc1cc(=O)c2c(O)c3c(cc2o1)OCC(C)CC3. The van der Waals surface area contributed by atoms with Crippen LogP contribution in [0.2, 0.25) is 0 Å². The van der Waals surface area contributed by atoms with E-state index in [1.807, 2.05) is 6.08 Å². The number of carbonyl (C=O) groups is 2. The number of phenolic OH excluding ortho intramolecular Hbond substituents is 1. The Morgan fingerprint density at radius 2 is 1.23 bits per heavy atom. The van der Waals surface area contributed by atoms with Gasteiger partial charge in [-0.1, -0.05) is 116 Å². The van der Waals surface area contributed by atoms with Gasteiger partial charge in [0.1, 0.15) is 41.4 Å². The van der Waals surface area contributed by atoms with Gasteiger partial charge in [0.15, 0.2) is 5.43 Å². The molecule has 0 bridgehead atoms. The number of phenols is 1. The van der Waals surface area contributed by atoms with Gasteiger partial charge in [0.2, 0.25) is 0 Å². The van der Waals surface area contributed by atoms with Crippen molar-refractivity contribution in [1.29, 1.82) is 0 Å².